The summed E-state index contributed by atoms with van der Waals surface area (Å²) in [5.41, 5.74) is -0.828. The number of rotatable bonds is 3. The third kappa shape index (κ3) is 2.70. The summed E-state index contributed by atoms with van der Waals surface area (Å²) in [6, 6.07) is 0. The highest BCUT2D eigenvalue weighted by atomic mass is 79.9. The molecule has 1 aliphatic heterocycles. The smallest absolute Gasteiger partial charge is 0.252 e. The van der Waals surface area contributed by atoms with Crippen LogP contribution >= 0.6 is 15.9 Å². The van der Waals surface area contributed by atoms with E-state index in [9.17, 15) is 4.79 Å². The molecule has 0 saturated carbocycles. The van der Waals surface area contributed by atoms with Crippen molar-refractivity contribution in [2.24, 2.45) is 0 Å². The molecule has 0 aromatic carbocycles. The van der Waals surface area contributed by atoms with E-state index >= 15 is 0 Å². The lowest BCUT2D eigenvalue weighted by atomic mass is 9.99. The molecule has 1 saturated heterocycles. The maximum atomic E-state index is 11.9. The van der Waals surface area contributed by atoms with Gasteiger partial charge in [-0.05, 0) is 33.6 Å². The second kappa shape index (κ2) is 4.19. The van der Waals surface area contributed by atoms with Crippen molar-refractivity contribution in [3.05, 3.63) is 0 Å². The van der Waals surface area contributed by atoms with Crippen LogP contribution in [0.1, 0.15) is 33.6 Å². The molecule has 1 N–H and O–H groups in total. The second-order valence-electron chi connectivity index (χ2n) is 4.65. The highest BCUT2D eigenvalue weighted by Gasteiger charge is 2.39. The maximum absolute atomic E-state index is 11.9. The van der Waals surface area contributed by atoms with Crippen LogP contribution in [0.2, 0.25) is 0 Å². The van der Waals surface area contributed by atoms with Gasteiger partial charge in [0.1, 0.15) is 5.60 Å². The van der Waals surface area contributed by atoms with Crippen molar-refractivity contribution < 1.29 is 9.53 Å². The molecule has 0 bridgehead atoms. The predicted octanol–water partition coefficient (Wildman–Crippen LogP) is 1.85. The van der Waals surface area contributed by atoms with Gasteiger partial charge in [-0.25, -0.2) is 0 Å². The predicted molar refractivity (Wildman–Crippen MR) is 59.6 cm³/mol. The summed E-state index contributed by atoms with van der Waals surface area (Å²) in [6.45, 7) is 6.52. The van der Waals surface area contributed by atoms with Crippen LogP contribution < -0.4 is 5.32 Å². The molecule has 1 aliphatic rings. The number of alkyl halides is 1. The van der Waals surface area contributed by atoms with Gasteiger partial charge in [0.2, 0.25) is 0 Å². The van der Waals surface area contributed by atoms with Crippen LogP contribution in [-0.2, 0) is 9.53 Å². The van der Waals surface area contributed by atoms with E-state index in [4.69, 9.17) is 4.74 Å². The van der Waals surface area contributed by atoms with Crippen molar-refractivity contribution in [3.8, 4) is 0 Å². The number of halogens is 1. The zero-order valence-electron chi connectivity index (χ0n) is 9.02. The monoisotopic (exact) mass is 263 g/mol. The molecule has 0 aromatic rings. The topological polar surface area (TPSA) is 38.3 Å². The van der Waals surface area contributed by atoms with Gasteiger partial charge in [-0.3, -0.25) is 4.79 Å². The molecule has 4 heteroatoms. The molecule has 14 heavy (non-hydrogen) atoms. The number of hydrogen-bond donors (Lipinski definition) is 1. The normalized spacial score (nSPS) is 27.7. The van der Waals surface area contributed by atoms with Crippen molar-refractivity contribution in [1.29, 1.82) is 0 Å². The largest absolute Gasteiger partial charge is 0.365 e. The van der Waals surface area contributed by atoms with Crippen LogP contribution in [0.5, 0.6) is 0 Å². The standard InChI is InChI=1S/C10H18BrNO2/c1-9(2,7-11)12-8(13)10(3)5-4-6-14-10/h4-7H2,1-3H3,(H,12,13). The van der Waals surface area contributed by atoms with Gasteiger partial charge in [0, 0.05) is 17.5 Å². The number of nitrogens with one attached hydrogen (secondary N) is 1. The number of hydrogen-bond acceptors (Lipinski definition) is 2. The molecule has 3 nitrogen and oxygen atoms in total. The first kappa shape index (κ1) is 12.0. The minimum Gasteiger partial charge on any atom is -0.365 e. The van der Waals surface area contributed by atoms with E-state index in [2.05, 4.69) is 21.2 Å². The Morgan fingerprint density at radius 1 is 1.64 bits per heavy atom. The second-order valence-corrected chi connectivity index (χ2v) is 5.22. The summed E-state index contributed by atoms with van der Waals surface area (Å²) >= 11 is 3.37. The number of ether oxygens (including phenoxy) is 1. The third-order valence-electron chi connectivity index (χ3n) is 2.49. The minimum atomic E-state index is -0.612. The molecule has 0 aromatic heterocycles. The van der Waals surface area contributed by atoms with Crippen molar-refractivity contribution in [2.45, 2.75) is 44.8 Å². The highest BCUT2D eigenvalue weighted by Crippen LogP contribution is 2.26. The average Bonchev–Trinajstić information content (AvgIpc) is 2.53. The summed E-state index contributed by atoms with van der Waals surface area (Å²) in [7, 11) is 0. The van der Waals surface area contributed by atoms with Gasteiger partial charge in [0.05, 0.1) is 0 Å². The van der Waals surface area contributed by atoms with Crippen molar-refractivity contribution >= 4 is 21.8 Å². The molecule has 1 heterocycles. The summed E-state index contributed by atoms with van der Waals surface area (Å²) in [5, 5.41) is 3.72. The van der Waals surface area contributed by atoms with Crippen LogP contribution in [0.15, 0.2) is 0 Å². The molecule has 82 valence electrons. The van der Waals surface area contributed by atoms with Gasteiger partial charge < -0.3 is 10.1 Å². The van der Waals surface area contributed by atoms with E-state index in [0.29, 0.717) is 6.61 Å². The Balaban J connectivity index is 2.57. The van der Waals surface area contributed by atoms with Gasteiger partial charge in [-0.1, -0.05) is 15.9 Å². The SMILES string of the molecule is CC(C)(CBr)NC(=O)C1(C)CCCO1. The molecule has 0 spiro atoms. The van der Waals surface area contributed by atoms with Gasteiger partial charge in [-0.15, -0.1) is 0 Å². The zero-order valence-corrected chi connectivity index (χ0v) is 10.6. The lowest BCUT2D eigenvalue weighted by Crippen LogP contribution is -2.53. The van der Waals surface area contributed by atoms with Crippen molar-refractivity contribution in [3.63, 3.8) is 0 Å². The zero-order chi connectivity index (χ0) is 10.8. The molecule has 1 fully saturated rings. The maximum Gasteiger partial charge on any atom is 0.252 e. The molecule has 1 amide bonds. The number of amides is 1. The lowest BCUT2D eigenvalue weighted by Gasteiger charge is -2.30. The first-order valence-electron chi connectivity index (χ1n) is 4.92. The van der Waals surface area contributed by atoms with Gasteiger partial charge in [0.15, 0.2) is 0 Å². The lowest BCUT2D eigenvalue weighted by molar-refractivity contribution is -0.141. The summed E-state index contributed by atoms with van der Waals surface area (Å²) < 4.78 is 5.47. The number of carbonyl (C=O) groups excluding carboxylic acids is 1. The fourth-order valence-corrected chi connectivity index (χ4v) is 1.57. The molecular formula is C10H18BrNO2. The Morgan fingerprint density at radius 2 is 2.29 bits per heavy atom. The Hall–Kier alpha value is -0.0900. The molecule has 1 atom stereocenters. The first-order valence-corrected chi connectivity index (χ1v) is 6.04. The van der Waals surface area contributed by atoms with Crippen molar-refractivity contribution in [1.82, 2.24) is 5.32 Å². The first-order chi connectivity index (χ1) is 6.40. The highest BCUT2D eigenvalue weighted by molar-refractivity contribution is 9.09. The fourth-order valence-electron chi connectivity index (χ4n) is 1.43. The summed E-state index contributed by atoms with van der Waals surface area (Å²) in [4.78, 5) is 11.9. The minimum absolute atomic E-state index is 0.000509. The van der Waals surface area contributed by atoms with E-state index in [1.807, 2.05) is 20.8 Å². The summed E-state index contributed by atoms with van der Waals surface area (Å²) in [6.07, 6.45) is 1.79. The Kier molecular flexibility index (Phi) is 3.58. The molecular weight excluding hydrogens is 246 g/mol. The molecule has 0 aliphatic carbocycles. The summed E-state index contributed by atoms with van der Waals surface area (Å²) in [5.74, 6) is -0.000509. The van der Waals surface area contributed by atoms with Gasteiger partial charge in [0.25, 0.3) is 5.91 Å². The van der Waals surface area contributed by atoms with Gasteiger partial charge >= 0.3 is 0 Å². The quantitative estimate of drug-likeness (QED) is 0.790. The number of carbonyl (C=O) groups is 1. The van der Waals surface area contributed by atoms with E-state index in [-0.39, 0.29) is 11.4 Å². The van der Waals surface area contributed by atoms with E-state index in [1.54, 1.807) is 0 Å². The Bertz CT molecular complexity index is 222. The third-order valence-corrected chi connectivity index (χ3v) is 3.89. The van der Waals surface area contributed by atoms with Crippen molar-refractivity contribution in [2.75, 3.05) is 11.9 Å². The van der Waals surface area contributed by atoms with Crippen LogP contribution in [0.3, 0.4) is 0 Å². The molecule has 1 rings (SSSR count). The fraction of sp³-hybridized carbons (Fsp3) is 0.900. The Morgan fingerprint density at radius 3 is 2.71 bits per heavy atom. The van der Waals surface area contributed by atoms with E-state index < -0.39 is 5.60 Å². The molecule has 0 radical (unpaired) electrons. The van der Waals surface area contributed by atoms with Gasteiger partial charge in [-0.2, -0.15) is 0 Å². The molecule has 1 unspecified atom stereocenters. The van der Waals surface area contributed by atoms with E-state index in [1.165, 1.54) is 0 Å². The van der Waals surface area contributed by atoms with Crippen LogP contribution in [0.4, 0.5) is 0 Å². The Labute approximate surface area is 93.7 Å². The van der Waals surface area contributed by atoms with Crippen LogP contribution in [0.25, 0.3) is 0 Å². The van der Waals surface area contributed by atoms with E-state index in [0.717, 1.165) is 18.2 Å². The van der Waals surface area contributed by atoms with Crippen LogP contribution in [-0.4, -0.2) is 29.0 Å². The van der Waals surface area contributed by atoms with Crippen LogP contribution in [0, 0.1) is 0 Å². The average molecular weight is 264 g/mol.